The van der Waals surface area contributed by atoms with E-state index in [1.165, 1.54) is 0 Å². The summed E-state index contributed by atoms with van der Waals surface area (Å²) >= 11 is 6.32. The summed E-state index contributed by atoms with van der Waals surface area (Å²) in [5.41, 5.74) is 3.38. The fourth-order valence-electron chi connectivity index (χ4n) is 3.81. The van der Waals surface area contributed by atoms with Crippen molar-refractivity contribution < 1.29 is 8.83 Å². The number of benzene rings is 4. The molecule has 0 unspecified atom stereocenters. The van der Waals surface area contributed by atoms with Crippen molar-refractivity contribution in [3.8, 4) is 0 Å². The molecule has 0 aliphatic heterocycles. The van der Waals surface area contributed by atoms with Crippen molar-refractivity contribution in [1.82, 2.24) is 0 Å². The molecule has 0 fully saturated rings. The molecule has 2 aromatic heterocycles. The predicted molar refractivity (Wildman–Crippen MR) is 104 cm³/mol. The first kappa shape index (κ1) is 13.3. The van der Waals surface area contributed by atoms with Crippen LogP contribution in [0.1, 0.15) is 0 Å². The highest BCUT2D eigenvalue weighted by Gasteiger charge is 2.16. The van der Waals surface area contributed by atoms with Gasteiger partial charge in [0.2, 0.25) is 0 Å². The first-order valence-electron chi connectivity index (χ1n) is 8.15. The van der Waals surface area contributed by atoms with Gasteiger partial charge in [-0.05, 0) is 36.4 Å². The van der Waals surface area contributed by atoms with E-state index in [9.17, 15) is 0 Å². The molecule has 0 aliphatic rings. The third-order valence-corrected chi connectivity index (χ3v) is 5.25. The molecule has 6 rings (SSSR count). The molecule has 25 heavy (non-hydrogen) atoms. The number of hydrogen-bond acceptors (Lipinski definition) is 2. The quantitative estimate of drug-likeness (QED) is 0.289. The highest BCUT2D eigenvalue weighted by molar-refractivity contribution is 6.36. The Labute approximate surface area is 147 Å². The van der Waals surface area contributed by atoms with Crippen molar-refractivity contribution >= 4 is 66.3 Å². The summed E-state index contributed by atoms with van der Waals surface area (Å²) < 4.78 is 12.3. The lowest BCUT2D eigenvalue weighted by Gasteiger charge is -1.99. The highest BCUT2D eigenvalue weighted by atomic mass is 35.5. The summed E-state index contributed by atoms with van der Waals surface area (Å²) in [7, 11) is 0. The first-order chi connectivity index (χ1) is 12.3. The van der Waals surface area contributed by atoms with E-state index >= 15 is 0 Å². The molecule has 2 nitrogen and oxygen atoms in total. The third-order valence-electron chi connectivity index (χ3n) is 4.95. The Hall–Kier alpha value is -2.97. The minimum Gasteiger partial charge on any atom is -0.455 e. The van der Waals surface area contributed by atoms with Crippen LogP contribution in [0.3, 0.4) is 0 Å². The monoisotopic (exact) mass is 342 g/mol. The topological polar surface area (TPSA) is 26.3 Å². The van der Waals surface area contributed by atoms with Gasteiger partial charge in [-0.15, -0.1) is 0 Å². The average Bonchev–Trinajstić information content (AvgIpc) is 3.21. The van der Waals surface area contributed by atoms with Crippen LogP contribution >= 0.6 is 11.6 Å². The molecule has 0 spiro atoms. The molecule has 4 aromatic carbocycles. The van der Waals surface area contributed by atoms with E-state index in [1.54, 1.807) is 0 Å². The van der Waals surface area contributed by atoms with Crippen LogP contribution in [-0.2, 0) is 0 Å². The molecule has 118 valence electrons. The predicted octanol–water partition coefficient (Wildman–Crippen LogP) is 7.29. The largest absolute Gasteiger partial charge is 0.455 e. The zero-order valence-electron chi connectivity index (χ0n) is 13.0. The van der Waals surface area contributed by atoms with Crippen LogP contribution in [0.2, 0.25) is 5.02 Å². The Morgan fingerprint density at radius 2 is 1.04 bits per heavy atom. The smallest absolute Gasteiger partial charge is 0.154 e. The lowest BCUT2D eigenvalue weighted by Crippen LogP contribution is -1.75. The van der Waals surface area contributed by atoms with Crippen molar-refractivity contribution in [2.24, 2.45) is 0 Å². The van der Waals surface area contributed by atoms with Crippen LogP contribution in [0.15, 0.2) is 75.6 Å². The van der Waals surface area contributed by atoms with E-state index in [4.69, 9.17) is 20.4 Å². The maximum atomic E-state index is 6.32. The van der Waals surface area contributed by atoms with Gasteiger partial charge in [0, 0.05) is 32.3 Å². The zero-order chi connectivity index (χ0) is 16.5. The molecule has 2 heterocycles. The van der Waals surface area contributed by atoms with Gasteiger partial charge in [-0.2, -0.15) is 0 Å². The third kappa shape index (κ3) is 1.65. The Morgan fingerprint density at radius 3 is 1.80 bits per heavy atom. The van der Waals surface area contributed by atoms with Gasteiger partial charge in [0.1, 0.15) is 16.7 Å². The molecule has 0 saturated carbocycles. The minimum atomic E-state index is 0.631. The Kier molecular flexibility index (Phi) is 2.43. The average molecular weight is 343 g/mol. The molecule has 6 aromatic rings. The molecule has 0 saturated heterocycles. The maximum Gasteiger partial charge on any atom is 0.154 e. The van der Waals surface area contributed by atoms with E-state index in [0.717, 1.165) is 54.6 Å². The highest BCUT2D eigenvalue weighted by Crippen LogP contribution is 2.40. The number of furan rings is 2. The second-order valence-corrected chi connectivity index (χ2v) is 6.70. The van der Waals surface area contributed by atoms with Gasteiger partial charge in [0.05, 0.1) is 5.02 Å². The summed E-state index contributed by atoms with van der Waals surface area (Å²) in [5, 5.41) is 7.08. The summed E-state index contributed by atoms with van der Waals surface area (Å²) in [4.78, 5) is 0. The minimum absolute atomic E-state index is 0.631. The van der Waals surface area contributed by atoms with Crippen LogP contribution in [0, 0.1) is 0 Å². The molecule has 3 heteroatoms. The second kappa shape index (κ2) is 4.56. The van der Waals surface area contributed by atoms with Gasteiger partial charge in [0.15, 0.2) is 5.58 Å². The standard InChI is InChI=1S/C22H11ClO2/c23-18-6-3-5-13-15-10-11-16-17(21(15)25-22(13)18)9-8-14-12-4-1-2-7-19(12)24-20(14)16/h1-11H. The van der Waals surface area contributed by atoms with Gasteiger partial charge in [0.25, 0.3) is 0 Å². The van der Waals surface area contributed by atoms with E-state index in [0.29, 0.717) is 5.02 Å². The molecule has 0 aliphatic carbocycles. The lowest BCUT2D eigenvalue weighted by atomic mass is 10.0. The maximum absolute atomic E-state index is 6.32. The van der Waals surface area contributed by atoms with Crippen LogP contribution < -0.4 is 0 Å². The molecule has 0 bridgehead atoms. The van der Waals surface area contributed by atoms with E-state index < -0.39 is 0 Å². The van der Waals surface area contributed by atoms with Crippen molar-refractivity contribution in [1.29, 1.82) is 0 Å². The number of halogens is 1. The fourth-order valence-corrected chi connectivity index (χ4v) is 4.02. The van der Waals surface area contributed by atoms with Crippen molar-refractivity contribution in [2.75, 3.05) is 0 Å². The molecular weight excluding hydrogens is 332 g/mol. The van der Waals surface area contributed by atoms with Crippen LogP contribution in [0.5, 0.6) is 0 Å². The molecule has 0 radical (unpaired) electrons. The zero-order valence-corrected chi connectivity index (χ0v) is 13.8. The Bertz CT molecular complexity index is 1450. The van der Waals surface area contributed by atoms with Crippen molar-refractivity contribution in [3.63, 3.8) is 0 Å². The van der Waals surface area contributed by atoms with Gasteiger partial charge in [-0.25, -0.2) is 0 Å². The summed E-state index contributed by atoms with van der Waals surface area (Å²) in [6, 6.07) is 22.4. The molecule has 0 N–H and O–H groups in total. The summed E-state index contributed by atoms with van der Waals surface area (Å²) in [6.45, 7) is 0. The number of para-hydroxylation sites is 2. The van der Waals surface area contributed by atoms with Crippen LogP contribution in [0.25, 0.3) is 54.6 Å². The number of fused-ring (bicyclic) bond motifs is 9. The van der Waals surface area contributed by atoms with Crippen LogP contribution in [0.4, 0.5) is 0 Å². The van der Waals surface area contributed by atoms with Crippen molar-refractivity contribution in [3.05, 3.63) is 71.8 Å². The van der Waals surface area contributed by atoms with E-state index in [1.807, 2.05) is 36.4 Å². The van der Waals surface area contributed by atoms with Gasteiger partial charge < -0.3 is 8.83 Å². The fraction of sp³-hybridized carbons (Fsp3) is 0. The molecule has 0 amide bonds. The molecule has 0 atom stereocenters. The summed E-state index contributed by atoms with van der Waals surface area (Å²) in [5.74, 6) is 0. The van der Waals surface area contributed by atoms with Gasteiger partial charge >= 0.3 is 0 Å². The van der Waals surface area contributed by atoms with Gasteiger partial charge in [-0.3, -0.25) is 0 Å². The normalized spacial score (nSPS) is 12.2. The molecular formula is C22H11ClO2. The van der Waals surface area contributed by atoms with E-state index in [2.05, 4.69) is 30.3 Å². The van der Waals surface area contributed by atoms with Gasteiger partial charge in [-0.1, -0.05) is 41.9 Å². The van der Waals surface area contributed by atoms with E-state index in [-0.39, 0.29) is 0 Å². The van der Waals surface area contributed by atoms with Crippen molar-refractivity contribution in [2.45, 2.75) is 0 Å². The second-order valence-electron chi connectivity index (χ2n) is 6.30. The number of rotatable bonds is 0. The Balaban J connectivity index is 1.85. The Morgan fingerprint density at radius 1 is 0.480 bits per heavy atom. The first-order valence-corrected chi connectivity index (χ1v) is 8.53. The SMILES string of the molecule is Clc1cccc2c1oc1c2ccc2c1ccc1c3ccccc3oc12. The van der Waals surface area contributed by atoms with Crippen LogP contribution in [-0.4, -0.2) is 0 Å². The summed E-state index contributed by atoms with van der Waals surface area (Å²) in [6.07, 6.45) is 0. The number of hydrogen-bond donors (Lipinski definition) is 0. The lowest BCUT2D eigenvalue weighted by molar-refractivity contribution is 0.669.